The van der Waals surface area contributed by atoms with Crippen LogP contribution >= 0.6 is 0 Å². The Kier molecular flexibility index (Phi) is 4.69. The Labute approximate surface area is 102 Å². The van der Waals surface area contributed by atoms with Crippen molar-refractivity contribution in [2.45, 2.75) is 30.8 Å². The van der Waals surface area contributed by atoms with Gasteiger partial charge in [0.1, 0.15) is 0 Å². The predicted molar refractivity (Wildman–Crippen MR) is 55.2 cm³/mol. The quantitative estimate of drug-likeness (QED) is 0.617. The molecule has 0 saturated carbocycles. The third kappa shape index (κ3) is 3.67. The number of aryl methyl sites for hydroxylation is 1. The lowest BCUT2D eigenvalue weighted by molar-refractivity contribution is -0.0736. The average Bonchev–Trinajstić information content (AvgIpc) is 2.26. The standard InChI is InChI=1S/C10H10F4O3S/c1-6-2-4-7(5-3-6)18(15,16)17-8(9(11)12)10(13)14/h2-5,8-10H,1H3. The molecule has 1 aromatic rings. The second-order valence-electron chi connectivity index (χ2n) is 3.50. The van der Waals surface area contributed by atoms with Crippen molar-refractivity contribution in [1.29, 1.82) is 0 Å². The van der Waals surface area contributed by atoms with Gasteiger partial charge >= 0.3 is 0 Å². The Morgan fingerprint density at radius 2 is 1.44 bits per heavy atom. The maximum Gasteiger partial charge on any atom is 0.297 e. The number of hydrogen-bond acceptors (Lipinski definition) is 3. The van der Waals surface area contributed by atoms with E-state index in [4.69, 9.17) is 0 Å². The van der Waals surface area contributed by atoms with E-state index >= 15 is 0 Å². The van der Waals surface area contributed by atoms with E-state index in [1.54, 1.807) is 6.92 Å². The number of hydrogen-bond donors (Lipinski definition) is 0. The minimum atomic E-state index is -4.63. The van der Waals surface area contributed by atoms with Crippen LogP contribution in [-0.2, 0) is 14.3 Å². The highest BCUT2D eigenvalue weighted by Crippen LogP contribution is 2.21. The van der Waals surface area contributed by atoms with Crippen LogP contribution in [-0.4, -0.2) is 27.4 Å². The lowest BCUT2D eigenvalue weighted by Crippen LogP contribution is -2.32. The summed E-state index contributed by atoms with van der Waals surface area (Å²) in [6.07, 6.45) is -10.1. The molecule has 0 unspecified atom stereocenters. The van der Waals surface area contributed by atoms with Crippen molar-refractivity contribution in [2.24, 2.45) is 0 Å². The molecule has 0 amide bonds. The fourth-order valence-corrected chi connectivity index (χ4v) is 2.14. The van der Waals surface area contributed by atoms with E-state index in [2.05, 4.69) is 4.18 Å². The van der Waals surface area contributed by atoms with Crippen molar-refractivity contribution in [1.82, 2.24) is 0 Å². The van der Waals surface area contributed by atoms with Crippen LogP contribution in [0.25, 0.3) is 0 Å². The molecule has 0 aliphatic carbocycles. The number of rotatable bonds is 5. The van der Waals surface area contributed by atoms with Crippen LogP contribution in [0.4, 0.5) is 17.6 Å². The summed E-state index contributed by atoms with van der Waals surface area (Å²) in [6.45, 7) is 1.68. The van der Waals surface area contributed by atoms with Gasteiger partial charge in [0, 0.05) is 0 Å². The summed E-state index contributed by atoms with van der Waals surface area (Å²) in [5, 5.41) is 0. The molecular weight excluding hydrogens is 276 g/mol. The maximum absolute atomic E-state index is 12.2. The van der Waals surface area contributed by atoms with Gasteiger partial charge in [-0.25, -0.2) is 17.6 Å². The molecule has 18 heavy (non-hydrogen) atoms. The van der Waals surface area contributed by atoms with E-state index in [1.807, 2.05) is 0 Å². The van der Waals surface area contributed by atoms with Crippen LogP contribution in [0.5, 0.6) is 0 Å². The first-order chi connectivity index (χ1) is 8.24. The number of benzene rings is 1. The zero-order valence-corrected chi connectivity index (χ0v) is 10.0. The van der Waals surface area contributed by atoms with E-state index in [-0.39, 0.29) is 0 Å². The largest absolute Gasteiger partial charge is 0.297 e. The first-order valence-electron chi connectivity index (χ1n) is 4.80. The summed E-state index contributed by atoms with van der Waals surface area (Å²) in [5.74, 6) is 0. The predicted octanol–water partition coefficient (Wildman–Crippen LogP) is 2.60. The van der Waals surface area contributed by atoms with Crippen molar-refractivity contribution in [2.75, 3.05) is 0 Å². The molecule has 0 fully saturated rings. The second kappa shape index (κ2) is 5.66. The maximum atomic E-state index is 12.2. The molecule has 1 rings (SSSR count). The third-order valence-electron chi connectivity index (χ3n) is 2.04. The van der Waals surface area contributed by atoms with E-state index < -0.39 is 34.0 Å². The van der Waals surface area contributed by atoms with Gasteiger partial charge < -0.3 is 0 Å². The molecular formula is C10H10F4O3S. The molecule has 8 heteroatoms. The summed E-state index contributed by atoms with van der Waals surface area (Å²) >= 11 is 0. The van der Waals surface area contributed by atoms with Gasteiger partial charge in [-0.1, -0.05) is 17.7 Å². The monoisotopic (exact) mass is 286 g/mol. The molecule has 0 N–H and O–H groups in total. The van der Waals surface area contributed by atoms with Crippen LogP contribution in [0.1, 0.15) is 5.56 Å². The molecule has 3 nitrogen and oxygen atoms in total. The summed E-state index contributed by atoms with van der Waals surface area (Å²) in [5.41, 5.74) is 0.730. The first-order valence-corrected chi connectivity index (χ1v) is 6.21. The van der Waals surface area contributed by atoms with Gasteiger partial charge in [0.15, 0.2) is 6.10 Å². The van der Waals surface area contributed by atoms with Crippen molar-refractivity contribution in [3.8, 4) is 0 Å². The highest BCUT2D eigenvalue weighted by atomic mass is 32.2. The fourth-order valence-electron chi connectivity index (χ4n) is 1.10. The lowest BCUT2D eigenvalue weighted by Gasteiger charge is -2.15. The zero-order chi connectivity index (χ0) is 13.9. The minimum absolute atomic E-state index is 0.445. The Balaban J connectivity index is 2.97. The van der Waals surface area contributed by atoms with Gasteiger partial charge in [-0.2, -0.15) is 8.42 Å². The summed E-state index contributed by atoms with van der Waals surface area (Å²) in [6, 6.07) is 4.99. The molecule has 0 aromatic heterocycles. The fraction of sp³-hybridized carbons (Fsp3) is 0.400. The molecule has 0 saturated heterocycles. The second-order valence-corrected chi connectivity index (χ2v) is 5.07. The van der Waals surface area contributed by atoms with Crippen LogP contribution in [0.15, 0.2) is 29.2 Å². The molecule has 0 aliphatic rings. The Bertz CT molecular complexity index is 476. The number of halogens is 4. The van der Waals surface area contributed by atoms with Crippen molar-refractivity contribution in [3.63, 3.8) is 0 Å². The van der Waals surface area contributed by atoms with E-state index in [9.17, 15) is 26.0 Å². The molecule has 0 radical (unpaired) electrons. The molecule has 0 atom stereocenters. The number of alkyl halides is 4. The topological polar surface area (TPSA) is 43.4 Å². The molecule has 0 bridgehead atoms. The van der Waals surface area contributed by atoms with Gasteiger partial charge in [0.05, 0.1) is 4.90 Å². The van der Waals surface area contributed by atoms with Crippen LogP contribution < -0.4 is 0 Å². The Hall–Kier alpha value is -1.15. The van der Waals surface area contributed by atoms with Crippen LogP contribution in [0, 0.1) is 6.92 Å². The van der Waals surface area contributed by atoms with E-state index in [0.29, 0.717) is 0 Å². The van der Waals surface area contributed by atoms with E-state index in [0.717, 1.165) is 17.7 Å². The van der Waals surface area contributed by atoms with Crippen molar-refractivity contribution < 1.29 is 30.2 Å². The highest BCUT2D eigenvalue weighted by Gasteiger charge is 2.36. The lowest BCUT2D eigenvalue weighted by atomic mass is 10.2. The smallest absolute Gasteiger partial charge is 0.251 e. The summed E-state index contributed by atoms with van der Waals surface area (Å²) in [4.78, 5) is -0.445. The molecule has 0 aliphatic heterocycles. The zero-order valence-electron chi connectivity index (χ0n) is 9.19. The Morgan fingerprint density at radius 1 is 1.00 bits per heavy atom. The van der Waals surface area contributed by atoms with Gasteiger partial charge in [-0.3, -0.25) is 4.18 Å². The van der Waals surface area contributed by atoms with Gasteiger partial charge in [-0.05, 0) is 19.1 Å². The summed E-state index contributed by atoms with van der Waals surface area (Å²) < 4.78 is 75.6. The first kappa shape index (κ1) is 14.9. The van der Waals surface area contributed by atoms with E-state index in [1.165, 1.54) is 12.1 Å². The molecule has 1 aromatic carbocycles. The van der Waals surface area contributed by atoms with Crippen LogP contribution in [0.3, 0.4) is 0 Å². The third-order valence-corrected chi connectivity index (χ3v) is 3.37. The van der Waals surface area contributed by atoms with Crippen molar-refractivity contribution >= 4 is 10.1 Å². The molecule has 0 heterocycles. The normalized spacial score (nSPS) is 12.7. The molecule has 102 valence electrons. The summed E-state index contributed by atoms with van der Waals surface area (Å²) in [7, 11) is -4.63. The van der Waals surface area contributed by atoms with Crippen LogP contribution in [0.2, 0.25) is 0 Å². The Morgan fingerprint density at radius 3 is 1.83 bits per heavy atom. The SMILES string of the molecule is Cc1ccc(S(=O)(=O)OC(C(F)F)C(F)F)cc1. The highest BCUT2D eigenvalue weighted by molar-refractivity contribution is 7.86. The van der Waals surface area contributed by atoms with Gasteiger partial charge in [-0.15, -0.1) is 0 Å². The van der Waals surface area contributed by atoms with Gasteiger partial charge in [0.25, 0.3) is 23.0 Å². The van der Waals surface area contributed by atoms with Gasteiger partial charge in [0.2, 0.25) is 0 Å². The van der Waals surface area contributed by atoms with Crippen molar-refractivity contribution in [3.05, 3.63) is 29.8 Å². The molecule has 0 spiro atoms. The minimum Gasteiger partial charge on any atom is -0.251 e. The average molecular weight is 286 g/mol.